The van der Waals surface area contributed by atoms with Gasteiger partial charge in [-0.2, -0.15) is 0 Å². The summed E-state index contributed by atoms with van der Waals surface area (Å²) in [5, 5.41) is 3.13. The maximum Gasteiger partial charge on any atom is 0.190 e. The minimum atomic E-state index is -0.695. The minimum Gasteiger partial charge on any atom is -0.486 e. The first-order valence-electron chi connectivity index (χ1n) is 6.02. The quantitative estimate of drug-likeness (QED) is 0.815. The Morgan fingerprint density at radius 1 is 1.21 bits per heavy atom. The number of furan rings is 1. The molecule has 1 heterocycles. The second kappa shape index (κ2) is 6.33. The summed E-state index contributed by atoms with van der Waals surface area (Å²) in [4.78, 5) is 0. The predicted octanol–water partition coefficient (Wildman–Crippen LogP) is 3.29. The molecule has 2 rings (SSSR count). The van der Waals surface area contributed by atoms with Crippen LogP contribution in [0.1, 0.15) is 18.7 Å². The van der Waals surface area contributed by atoms with Crippen molar-refractivity contribution in [2.75, 3.05) is 13.2 Å². The zero-order valence-electron chi connectivity index (χ0n) is 10.5. The number of ether oxygens (including phenoxy) is 1. The Morgan fingerprint density at radius 2 is 1.95 bits per heavy atom. The van der Waals surface area contributed by atoms with Crippen LogP contribution in [0.5, 0.6) is 5.75 Å². The fraction of sp³-hybridized carbons (Fsp3) is 0.286. The molecule has 0 spiro atoms. The van der Waals surface area contributed by atoms with Crippen LogP contribution < -0.4 is 10.1 Å². The van der Waals surface area contributed by atoms with Gasteiger partial charge in [0.25, 0.3) is 0 Å². The van der Waals surface area contributed by atoms with E-state index in [0.29, 0.717) is 6.54 Å². The van der Waals surface area contributed by atoms with Gasteiger partial charge in [0.1, 0.15) is 12.4 Å². The van der Waals surface area contributed by atoms with Crippen molar-refractivity contribution in [3.05, 3.63) is 54.0 Å². The van der Waals surface area contributed by atoms with Gasteiger partial charge in [-0.15, -0.1) is 0 Å². The molecule has 1 atom stereocenters. The first kappa shape index (κ1) is 13.5. The lowest BCUT2D eigenvalue weighted by Gasteiger charge is -2.12. The minimum absolute atomic E-state index is 0.0177. The number of halogens is 2. The average molecular weight is 267 g/mol. The molecule has 0 saturated heterocycles. The van der Waals surface area contributed by atoms with Crippen LogP contribution >= 0.6 is 0 Å². The highest BCUT2D eigenvalue weighted by molar-refractivity contribution is 5.25. The number of rotatable bonds is 6. The first-order valence-corrected chi connectivity index (χ1v) is 6.02. The van der Waals surface area contributed by atoms with Crippen LogP contribution in [0.4, 0.5) is 8.78 Å². The summed E-state index contributed by atoms with van der Waals surface area (Å²) in [6, 6.07) is 7.31. The van der Waals surface area contributed by atoms with Crippen LogP contribution in [0.3, 0.4) is 0 Å². The Balaban J connectivity index is 1.78. The van der Waals surface area contributed by atoms with Crippen molar-refractivity contribution >= 4 is 0 Å². The smallest absolute Gasteiger partial charge is 0.190 e. The van der Waals surface area contributed by atoms with Gasteiger partial charge in [-0.05, 0) is 31.2 Å². The van der Waals surface area contributed by atoms with Crippen molar-refractivity contribution in [3.8, 4) is 5.75 Å². The Morgan fingerprint density at radius 3 is 2.58 bits per heavy atom. The van der Waals surface area contributed by atoms with Gasteiger partial charge in [0.15, 0.2) is 17.4 Å². The summed E-state index contributed by atoms with van der Waals surface area (Å²) in [6.45, 7) is 2.56. The molecule has 1 aromatic heterocycles. The first-order chi connectivity index (χ1) is 9.18. The van der Waals surface area contributed by atoms with Gasteiger partial charge in [0, 0.05) is 6.54 Å². The highest BCUT2D eigenvalue weighted by Gasteiger charge is 2.10. The molecule has 19 heavy (non-hydrogen) atoms. The van der Waals surface area contributed by atoms with Crippen molar-refractivity contribution in [2.24, 2.45) is 0 Å². The fourth-order valence-electron chi connectivity index (χ4n) is 1.69. The standard InChI is InChI=1S/C14H15F2NO2/c1-10(13-6-3-8-18-13)17-7-9-19-14-11(15)4-2-5-12(14)16/h2-6,8,10,17H,7,9H2,1H3. The lowest BCUT2D eigenvalue weighted by atomic mass is 10.2. The summed E-state index contributed by atoms with van der Waals surface area (Å²) >= 11 is 0. The normalized spacial score (nSPS) is 12.4. The van der Waals surface area contributed by atoms with Crippen molar-refractivity contribution in [1.82, 2.24) is 5.32 Å². The zero-order chi connectivity index (χ0) is 13.7. The van der Waals surface area contributed by atoms with E-state index >= 15 is 0 Å². The Hall–Kier alpha value is -1.88. The van der Waals surface area contributed by atoms with Gasteiger partial charge in [0.05, 0.1) is 12.3 Å². The highest BCUT2D eigenvalue weighted by atomic mass is 19.1. The number of hydrogen-bond acceptors (Lipinski definition) is 3. The van der Waals surface area contributed by atoms with Crippen molar-refractivity contribution < 1.29 is 17.9 Å². The summed E-state index contributed by atoms with van der Waals surface area (Å²) < 4.78 is 36.8. The summed E-state index contributed by atoms with van der Waals surface area (Å²) in [7, 11) is 0. The van der Waals surface area contributed by atoms with E-state index < -0.39 is 11.6 Å². The van der Waals surface area contributed by atoms with Gasteiger partial charge < -0.3 is 14.5 Å². The maximum atomic E-state index is 13.3. The van der Waals surface area contributed by atoms with Crippen LogP contribution in [-0.2, 0) is 0 Å². The van der Waals surface area contributed by atoms with E-state index in [2.05, 4.69) is 5.32 Å². The molecule has 1 N–H and O–H groups in total. The predicted molar refractivity (Wildman–Crippen MR) is 67.0 cm³/mol. The molecule has 0 aliphatic heterocycles. The van der Waals surface area contributed by atoms with Crippen LogP contribution in [-0.4, -0.2) is 13.2 Å². The topological polar surface area (TPSA) is 34.4 Å². The van der Waals surface area contributed by atoms with Gasteiger partial charge in [-0.1, -0.05) is 6.07 Å². The molecule has 1 aromatic carbocycles. The van der Waals surface area contributed by atoms with Gasteiger partial charge >= 0.3 is 0 Å². The van der Waals surface area contributed by atoms with Crippen LogP contribution in [0, 0.1) is 11.6 Å². The molecule has 0 bridgehead atoms. The molecule has 0 aliphatic rings. The lowest BCUT2D eigenvalue weighted by Crippen LogP contribution is -2.24. The van der Waals surface area contributed by atoms with E-state index in [1.54, 1.807) is 12.3 Å². The van der Waals surface area contributed by atoms with Crippen LogP contribution in [0.25, 0.3) is 0 Å². The Bertz CT molecular complexity index is 494. The molecule has 2 aromatic rings. The molecular formula is C14H15F2NO2. The van der Waals surface area contributed by atoms with Crippen LogP contribution in [0.15, 0.2) is 41.0 Å². The number of nitrogens with one attached hydrogen (secondary N) is 1. The van der Waals surface area contributed by atoms with Gasteiger partial charge in [0.2, 0.25) is 0 Å². The van der Waals surface area contributed by atoms with E-state index in [1.165, 1.54) is 6.07 Å². The number of hydrogen-bond donors (Lipinski definition) is 1. The second-order valence-corrected chi connectivity index (χ2v) is 4.09. The Labute approximate surface area is 110 Å². The summed E-state index contributed by atoms with van der Waals surface area (Å²) in [5.74, 6) is -0.926. The monoisotopic (exact) mass is 267 g/mol. The van der Waals surface area contributed by atoms with E-state index in [-0.39, 0.29) is 18.4 Å². The maximum absolute atomic E-state index is 13.3. The molecule has 0 aliphatic carbocycles. The molecule has 0 amide bonds. The van der Waals surface area contributed by atoms with Crippen molar-refractivity contribution in [2.45, 2.75) is 13.0 Å². The van der Waals surface area contributed by atoms with Gasteiger partial charge in [-0.3, -0.25) is 0 Å². The molecule has 0 fully saturated rings. The van der Waals surface area contributed by atoms with E-state index in [9.17, 15) is 8.78 Å². The molecule has 0 saturated carbocycles. The summed E-state index contributed by atoms with van der Waals surface area (Å²) in [6.07, 6.45) is 1.60. The van der Waals surface area contributed by atoms with E-state index in [0.717, 1.165) is 17.9 Å². The Kier molecular flexibility index (Phi) is 4.52. The molecule has 3 nitrogen and oxygen atoms in total. The van der Waals surface area contributed by atoms with E-state index in [1.807, 2.05) is 13.0 Å². The number of para-hydroxylation sites is 1. The average Bonchev–Trinajstić information content (AvgIpc) is 2.91. The third-order valence-electron chi connectivity index (χ3n) is 2.69. The highest BCUT2D eigenvalue weighted by Crippen LogP contribution is 2.20. The summed E-state index contributed by atoms with van der Waals surface area (Å²) in [5.41, 5.74) is 0. The third-order valence-corrected chi connectivity index (χ3v) is 2.69. The number of benzene rings is 1. The van der Waals surface area contributed by atoms with Crippen molar-refractivity contribution in [3.63, 3.8) is 0 Å². The molecule has 102 valence electrons. The molecule has 5 heteroatoms. The molecule has 0 radical (unpaired) electrons. The molecular weight excluding hydrogens is 252 g/mol. The lowest BCUT2D eigenvalue weighted by molar-refractivity contribution is 0.275. The largest absolute Gasteiger partial charge is 0.486 e. The van der Waals surface area contributed by atoms with Gasteiger partial charge in [-0.25, -0.2) is 8.78 Å². The zero-order valence-corrected chi connectivity index (χ0v) is 10.5. The molecule has 1 unspecified atom stereocenters. The third kappa shape index (κ3) is 3.54. The van der Waals surface area contributed by atoms with E-state index in [4.69, 9.17) is 9.15 Å². The fourth-order valence-corrected chi connectivity index (χ4v) is 1.69. The second-order valence-electron chi connectivity index (χ2n) is 4.09. The van der Waals surface area contributed by atoms with Crippen LogP contribution in [0.2, 0.25) is 0 Å². The SMILES string of the molecule is CC(NCCOc1c(F)cccc1F)c1ccco1. The van der Waals surface area contributed by atoms with Crippen molar-refractivity contribution in [1.29, 1.82) is 0 Å².